The Hall–Kier alpha value is -6.27. The number of piperazine rings is 1. The van der Waals surface area contributed by atoms with Crippen molar-refractivity contribution in [3.05, 3.63) is 86.4 Å². The molecule has 1 saturated heterocycles. The highest BCUT2D eigenvalue weighted by molar-refractivity contribution is 7.15. The predicted molar refractivity (Wildman–Crippen MR) is 244 cm³/mol. The summed E-state index contributed by atoms with van der Waals surface area (Å²) >= 11 is 1.41. The van der Waals surface area contributed by atoms with Crippen molar-refractivity contribution in [3.8, 4) is 5.75 Å². The van der Waals surface area contributed by atoms with Gasteiger partial charge in [-0.2, -0.15) is 4.98 Å². The number of fused-ring (bicyclic) bond motifs is 1. The van der Waals surface area contributed by atoms with Crippen LogP contribution in [-0.4, -0.2) is 105 Å². The van der Waals surface area contributed by atoms with E-state index < -0.39 is 0 Å². The van der Waals surface area contributed by atoms with Gasteiger partial charge in [-0.15, -0.1) is 11.3 Å². The standard InChI is InChI=1S/C45H55N11O6S/c1-28-22-34(13-14-35(28)42(60)53-45-50-23-29(2)63-45)62-27-39(59)47-17-9-5-8-16-46-38(58)26-54-18-20-55(21-19-54)33-12-15-37(48-24-33)51-44-49-25-36-30(3)40(31(4)57)43(61)56(41(36)52-44)32-10-6-7-11-32/h12-15,22-25,32H,5-11,16-21,26-27H2,1-4H3,(H,46,58)(H,47,59)(H,50,53,60)(H,48,49,51,52). The highest BCUT2D eigenvalue weighted by atomic mass is 32.1. The molecule has 63 heavy (non-hydrogen) atoms. The van der Waals surface area contributed by atoms with E-state index in [9.17, 15) is 24.0 Å². The number of aromatic nitrogens is 5. The van der Waals surface area contributed by atoms with Crippen molar-refractivity contribution in [1.29, 1.82) is 0 Å². The molecule has 2 aliphatic rings. The Morgan fingerprint density at radius 3 is 2.27 bits per heavy atom. The number of benzene rings is 1. The Morgan fingerprint density at radius 1 is 0.857 bits per heavy atom. The summed E-state index contributed by atoms with van der Waals surface area (Å²) in [7, 11) is 0. The molecule has 0 spiro atoms. The molecular weight excluding hydrogens is 823 g/mol. The van der Waals surface area contributed by atoms with E-state index in [0.717, 1.165) is 87.3 Å². The van der Waals surface area contributed by atoms with Crippen LogP contribution in [0, 0.1) is 20.8 Å². The van der Waals surface area contributed by atoms with Gasteiger partial charge in [0.25, 0.3) is 17.4 Å². The van der Waals surface area contributed by atoms with Crippen LogP contribution in [0.25, 0.3) is 11.0 Å². The Balaban J connectivity index is 0.769. The predicted octanol–water partition coefficient (Wildman–Crippen LogP) is 5.49. The van der Waals surface area contributed by atoms with E-state index in [1.54, 1.807) is 48.3 Å². The number of rotatable bonds is 18. The van der Waals surface area contributed by atoms with E-state index in [4.69, 9.17) is 9.72 Å². The van der Waals surface area contributed by atoms with Gasteiger partial charge in [-0.05, 0) is 101 Å². The number of nitrogens with one attached hydrogen (secondary N) is 4. The van der Waals surface area contributed by atoms with Gasteiger partial charge in [0.15, 0.2) is 17.5 Å². The van der Waals surface area contributed by atoms with Crippen LogP contribution in [0.5, 0.6) is 5.75 Å². The number of amides is 3. The maximum Gasteiger partial charge on any atom is 0.263 e. The lowest BCUT2D eigenvalue weighted by Crippen LogP contribution is -2.49. The van der Waals surface area contributed by atoms with Crippen molar-refractivity contribution in [2.75, 3.05) is 68.0 Å². The third kappa shape index (κ3) is 11.4. The Kier molecular flexibility index (Phi) is 14.7. The molecule has 1 aliphatic heterocycles. The van der Waals surface area contributed by atoms with Crippen molar-refractivity contribution in [3.63, 3.8) is 0 Å². The first kappa shape index (κ1) is 44.8. The lowest BCUT2D eigenvalue weighted by molar-refractivity contribution is -0.123. The van der Waals surface area contributed by atoms with Gasteiger partial charge < -0.3 is 25.6 Å². The number of unbranched alkanes of at least 4 members (excludes halogenated alkanes) is 2. The fourth-order valence-electron chi connectivity index (χ4n) is 8.13. The maximum absolute atomic E-state index is 13.6. The van der Waals surface area contributed by atoms with Crippen LogP contribution in [0.1, 0.15) is 94.6 Å². The van der Waals surface area contributed by atoms with Crippen LogP contribution < -0.4 is 36.5 Å². The number of anilines is 4. The Labute approximate surface area is 370 Å². The molecule has 0 bridgehead atoms. The van der Waals surface area contributed by atoms with Crippen LogP contribution in [0.2, 0.25) is 0 Å². The second-order valence-corrected chi connectivity index (χ2v) is 17.4. The summed E-state index contributed by atoms with van der Waals surface area (Å²) in [6.07, 6.45) is 11.4. The van der Waals surface area contributed by atoms with Crippen molar-refractivity contribution in [1.82, 2.24) is 40.0 Å². The number of Topliss-reactive ketones (excluding diaryl/α,β-unsaturated/α-hetero) is 1. The quantitative estimate of drug-likeness (QED) is 0.0636. The van der Waals surface area contributed by atoms with E-state index in [0.29, 0.717) is 64.4 Å². The number of aryl methyl sites for hydroxylation is 3. The number of pyridine rings is 2. The van der Waals surface area contributed by atoms with Gasteiger partial charge in [-0.25, -0.2) is 15.0 Å². The molecule has 1 aliphatic carbocycles. The molecule has 18 heteroatoms. The largest absolute Gasteiger partial charge is 0.484 e. The molecule has 0 atom stereocenters. The zero-order valence-electron chi connectivity index (χ0n) is 36.3. The molecule has 0 radical (unpaired) electrons. The van der Waals surface area contributed by atoms with Gasteiger partial charge in [0.05, 0.1) is 24.0 Å². The Morgan fingerprint density at radius 2 is 1.60 bits per heavy atom. The van der Waals surface area contributed by atoms with Crippen LogP contribution >= 0.6 is 11.3 Å². The summed E-state index contributed by atoms with van der Waals surface area (Å²) in [5.74, 6) is 0.661. The number of ether oxygens (including phenoxy) is 1. The lowest BCUT2D eigenvalue weighted by Gasteiger charge is -2.35. The minimum absolute atomic E-state index is 0.00196. The molecule has 7 rings (SSSR count). The molecule has 5 aromatic rings. The summed E-state index contributed by atoms with van der Waals surface area (Å²) in [6, 6.07) is 8.94. The summed E-state index contributed by atoms with van der Waals surface area (Å²) in [5.41, 5.74) is 3.26. The first-order valence-corrected chi connectivity index (χ1v) is 22.4. The second kappa shape index (κ2) is 20.7. The minimum Gasteiger partial charge on any atom is -0.484 e. The van der Waals surface area contributed by atoms with Gasteiger partial charge in [-0.1, -0.05) is 12.8 Å². The summed E-state index contributed by atoms with van der Waals surface area (Å²) in [4.78, 5) is 87.1. The molecule has 4 aromatic heterocycles. The molecule has 4 N–H and O–H groups in total. The van der Waals surface area contributed by atoms with E-state index in [1.165, 1.54) is 18.3 Å². The van der Waals surface area contributed by atoms with Gasteiger partial charge >= 0.3 is 0 Å². The van der Waals surface area contributed by atoms with Crippen molar-refractivity contribution < 1.29 is 23.9 Å². The SMILES string of the molecule is CC(=O)c1c(C)c2cnc(Nc3ccc(N4CCN(CC(=O)NCCCCCNC(=O)COc5ccc(C(=O)Nc6ncc(C)s6)c(C)c5)CC4)cn3)nc2n(C2CCCC2)c1=O. The van der Waals surface area contributed by atoms with Gasteiger partial charge in [0.1, 0.15) is 17.2 Å². The summed E-state index contributed by atoms with van der Waals surface area (Å²) in [6.45, 7) is 11.2. The number of hydrogen-bond acceptors (Lipinski definition) is 14. The highest BCUT2D eigenvalue weighted by Gasteiger charge is 2.26. The van der Waals surface area contributed by atoms with Crippen LogP contribution in [-0.2, 0) is 9.59 Å². The lowest BCUT2D eigenvalue weighted by atomic mass is 10.0. The van der Waals surface area contributed by atoms with Crippen LogP contribution in [0.4, 0.5) is 22.6 Å². The van der Waals surface area contributed by atoms with Gasteiger partial charge in [0, 0.05) is 73.5 Å². The maximum atomic E-state index is 13.6. The van der Waals surface area contributed by atoms with Gasteiger partial charge in [0.2, 0.25) is 11.9 Å². The molecule has 0 unspecified atom stereocenters. The fraction of sp³-hybridized carbons (Fsp3) is 0.444. The molecule has 17 nitrogen and oxygen atoms in total. The summed E-state index contributed by atoms with van der Waals surface area (Å²) < 4.78 is 7.35. The third-order valence-electron chi connectivity index (χ3n) is 11.5. The molecule has 2 fully saturated rings. The van der Waals surface area contributed by atoms with Crippen LogP contribution in [0.3, 0.4) is 0 Å². The highest BCUT2D eigenvalue weighted by Crippen LogP contribution is 2.32. The van der Waals surface area contributed by atoms with Gasteiger partial charge in [-0.3, -0.25) is 38.8 Å². The number of hydrogen-bond donors (Lipinski definition) is 4. The number of nitrogens with zero attached hydrogens (tertiary/aromatic N) is 7. The van der Waals surface area contributed by atoms with E-state index in [-0.39, 0.29) is 47.3 Å². The molecule has 5 heterocycles. The average Bonchev–Trinajstić information content (AvgIpc) is 3.95. The fourth-order valence-corrected chi connectivity index (χ4v) is 8.79. The zero-order valence-corrected chi connectivity index (χ0v) is 37.1. The van der Waals surface area contributed by atoms with Crippen molar-refractivity contribution in [2.45, 2.75) is 78.7 Å². The monoisotopic (exact) mass is 877 g/mol. The number of carbonyl (C=O) groups is 4. The summed E-state index contributed by atoms with van der Waals surface area (Å²) in [5, 5.41) is 13.1. The normalized spacial score (nSPS) is 14.4. The topological polar surface area (TPSA) is 206 Å². The second-order valence-electron chi connectivity index (χ2n) is 16.1. The number of ketones is 1. The number of carbonyl (C=O) groups excluding carboxylic acids is 4. The molecule has 332 valence electrons. The first-order valence-electron chi connectivity index (χ1n) is 21.6. The van der Waals surface area contributed by atoms with E-state index in [1.807, 2.05) is 26.0 Å². The molecular formula is C45H55N11O6S. The molecule has 1 saturated carbocycles. The van der Waals surface area contributed by atoms with E-state index >= 15 is 0 Å². The first-order chi connectivity index (χ1) is 30.4. The minimum atomic E-state index is -0.286. The van der Waals surface area contributed by atoms with Crippen molar-refractivity contribution in [2.24, 2.45) is 0 Å². The smallest absolute Gasteiger partial charge is 0.263 e. The molecule has 1 aromatic carbocycles. The third-order valence-corrected chi connectivity index (χ3v) is 12.3. The van der Waals surface area contributed by atoms with E-state index in [2.05, 4.69) is 46.0 Å². The zero-order chi connectivity index (χ0) is 44.5. The average molecular weight is 878 g/mol. The Bertz CT molecular complexity index is 2510. The number of thiazole rings is 1. The van der Waals surface area contributed by atoms with Crippen molar-refractivity contribution >= 4 is 68.5 Å². The van der Waals surface area contributed by atoms with Crippen LogP contribution in [0.15, 0.2) is 53.7 Å². The molecule has 3 amide bonds.